The lowest BCUT2D eigenvalue weighted by atomic mass is 10.1. The van der Waals surface area contributed by atoms with E-state index in [1.807, 2.05) is 0 Å². The van der Waals surface area contributed by atoms with Gasteiger partial charge in [-0.3, -0.25) is 4.84 Å². The van der Waals surface area contributed by atoms with Crippen molar-refractivity contribution in [3.05, 3.63) is 29.3 Å². The normalized spacial score (nSPS) is 12.7. The van der Waals surface area contributed by atoms with E-state index in [1.54, 1.807) is 11.8 Å². The van der Waals surface area contributed by atoms with E-state index < -0.39 is 26.7 Å². The molecule has 0 amide bonds. The smallest absolute Gasteiger partial charge is 0.287 e. The third kappa shape index (κ3) is 3.21. The van der Waals surface area contributed by atoms with Crippen molar-refractivity contribution in [2.75, 3.05) is 6.61 Å². The predicted octanol–water partition coefficient (Wildman–Crippen LogP) is 2.24. The van der Waals surface area contributed by atoms with Crippen LogP contribution in [0.15, 0.2) is 23.1 Å². The Morgan fingerprint density at radius 1 is 1.33 bits per heavy atom. The number of halogens is 3. The molecule has 1 aromatic rings. The topological polar surface area (TPSA) is 55.4 Å². The molecule has 0 spiro atoms. The maximum Gasteiger partial charge on any atom is 0.416 e. The van der Waals surface area contributed by atoms with Crippen molar-refractivity contribution in [1.29, 1.82) is 0 Å². The van der Waals surface area contributed by atoms with Gasteiger partial charge in [0.2, 0.25) is 0 Å². The van der Waals surface area contributed by atoms with Gasteiger partial charge in [-0.1, -0.05) is 11.0 Å². The molecule has 0 aromatic heterocycles. The first kappa shape index (κ1) is 14.9. The third-order valence-electron chi connectivity index (χ3n) is 2.19. The first-order chi connectivity index (χ1) is 8.20. The fourth-order valence-corrected chi connectivity index (χ4v) is 2.53. The van der Waals surface area contributed by atoms with Crippen molar-refractivity contribution in [2.24, 2.45) is 0 Å². The molecule has 102 valence electrons. The van der Waals surface area contributed by atoms with E-state index in [2.05, 4.69) is 4.84 Å². The van der Waals surface area contributed by atoms with Gasteiger partial charge in [0.1, 0.15) is 0 Å². The molecular weight excluding hydrogens is 271 g/mol. The van der Waals surface area contributed by atoms with E-state index in [9.17, 15) is 21.6 Å². The molecule has 8 heteroatoms. The summed E-state index contributed by atoms with van der Waals surface area (Å²) in [6, 6.07) is 2.96. The van der Waals surface area contributed by atoms with Gasteiger partial charge in [0.05, 0.1) is 17.1 Å². The maximum atomic E-state index is 12.6. The molecule has 0 heterocycles. The van der Waals surface area contributed by atoms with Gasteiger partial charge in [0.15, 0.2) is 0 Å². The number of hydrogen-bond acceptors (Lipinski definition) is 3. The van der Waals surface area contributed by atoms with Crippen molar-refractivity contribution in [3.63, 3.8) is 0 Å². The first-order valence-electron chi connectivity index (χ1n) is 5.00. The summed E-state index contributed by atoms with van der Waals surface area (Å²) in [6.45, 7) is 2.71. The summed E-state index contributed by atoms with van der Waals surface area (Å²) in [5, 5.41) is 0. The molecule has 0 fully saturated rings. The summed E-state index contributed by atoms with van der Waals surface area (Å²) in [4.78, 5) is 5.81. The maximum absolute atomic E-state index is 12.6. The number of hydrogen-bond donors (Lipinski definition) is 1. The van der Waals surface area contributed by atoms with Crippen LogP contribution < -0.4 is 4.89 Å². The summed E-state index contributed by atoms with van der Waals surface area (Å²) in [5.74, 6) is 0. The Hall–Kier alpha value is -1.12. The van der Waals surface area contributed by atoms with E-state index in [4.69, 9.17) is 0 Å². The second-order valence-electron chi connectivity index (χ2n) is 3.45. The highest BCUT2D eigenvalue weighted by molar-refractivity contribution is 7.89. The molecule has 0 aliphatic heterocycles. The number of sulfonamides is 1. The minimum atomic E-state index is -4.60. The van der Waals surface area contributed by atoms with Crippen molar-refractivity contribution in [3.8, 4) is 0 Å². The van der Waals surface area contributed by atoms with Crippen LogP contribution >= 0.6 is 0 Å². The van der Waals surface area contributed by atoms with Gasteiger partial charge in [-0.25, -0.2) is 8.42 Å². The highest BCUT2D eigenvalue weighted by atomic mass is 32.2. The Morgan fingerprint density at radius 2 is 1.94 bits per heavy atom. The summed E-state index contributed by atoms with van der Waals surface area (Å²) < 4.78 is 61.2. The van der Waals surface area contributed by atoms with E-state index in [1.165, 1.54) is 0 Å². The first-order valence-corrected chi connectivity index (χ1v) is 6.49. The number of benzene rings is 1. The second-order valence-corrected chi connectivity index (χ2v) is 5.06. The summed E-state index contributed by atoms with van der Waals surface area (Å²) in [5.41, 5.74) is -1.35. The minimum Gasteiger partial charge on any atom is -0.287 e. The largest absolute Gasteiger partial charge is 0.416 e. The standard InChI is InChI=1S/C10H12F3NO3S/c1-3-17-14-18(15,16)9-6-4-5-8(7(9)2)10(11,12)13/h4-6,14H,3H2,1-2H3. The lowest BCUT2D eigenvalue weighted by Gasteiger charge is -2.14. The van der Waals surface area contributed by atoms with Crippen molar-refractivity contribution < 1.29 is 26.4 Å². The molecule has 0 saturated heterocycles. The lowest BCUT2D eigenvalue weighted by molar-refractivity contribution is -0.138. The average Bonchev–Trinajstić information content (AvgIpc) is 2.25. The second kappa shape index (κ2) is 5.25. The molecule has 0 saturated carbocycles. The molecule has 0 aliphatic carbocycles. The van der Waals surface area contributed by atoms with Gasteiger partial charge in [-0.05, 0) is 31.5 Å². The van der Waals surface area contributed by atoms with Crippen LogP contribution in [0, 0.1) is 6.92 Å². The molecule has 0 radical (unpaired) electrons. The van der Waals surface area contributed by atoms with E-state index in [0.29, 0.717) is 0 Å². The fraction of sp³-hybridized carbons (Fsp3) is 0.400. The Balaban J connectivity index is 3.28. The molecular formula is C10H12F3NO3S. The lowest BCUT2D eigenvalue weighted by Crippen LogP contribution is -2.25. The van der Waals surface area contributed by atoms with E-state index >= 15 is 0 Å². The van der Waals surface area contributed by atoms with E-state index in [0.717, 1.165) is 25.1 Å². The molecule has 0 atom stereocenters. The molecule has 1 aromatic carbocycles. The van der Waals surface area contributed by atoms with Crippen LogP contribution in [0.25, 0.3) is 0 Å². The van der Waals surface area contributed by atoms with Crippen LogP contribution in [0.5, 0.6) is 0 Å². The van der Waals surface area contributed by atoms with Crippen LogP contribution in [0.1, 0.15) is 18.1 Å². The average molecular weight is 283 g/mol. The van der Waals surface area contributed by atoms with Gasteiger partial charge < -0.3 is 0 Å². The van der Waals surface area contributed by atoms with Gasteiger partial charge in [-0.2, -0.15) is 13.2 Å². The zero-order valence-electron chi connectivity index (χ0n) is 9.71. The van der Waals surface area contributed by atoms with Crippen LogP contribution in [0.3, 0.4) is 0 Å². The number of nitrogens with one attached hydrogen (secondary N) is 1. The summed E-state index contributed by atoms with van der Waals surface area (Å²) in [7, 11) is -4.11. The molecule has 0 unspecified atom stereocenters. The fourth-order valence-electron chi connectivity index (χ4n) is 1.39. The SMILES string of the molecule is CCONS(=O)(=O)c1cccc(C(F)(F)F)c1C. The molecule has 4 nitrogen and oxygen atoms in total. The predicted molar refractivity (Wildman–Crippen MR) is 58.1 cm³/mol. The number of rotatable bonds is 4. The Bertz CT molecular complexity index is 526. The van der Waals surface area contributed by atoms with Gasteiger partial charge in [-0.15, -0.1) is 0 Å². The zero-order chi connectivity index (χ0) is 14.0. The summed E-state index contributed by atoms with van der Waals surface area (Å²) in [6.07, 6.45) is -4.60. The van der Waals surface area contributed by atoms with Crippen molar-refractivity contribution >= 4 is 10.0 Å². The van der Waals surface area contributed by atoms with Crippen molar-refractivity contribution in [1.82, 2.24) is 4.89 Å². The Morgan fingerprint density at radius 3 is 2.44 bits per heavy atom. The van der Waals surface area contributed by atoms with Crippen molar-refractivity contribution in [2.45, 2.75) is 24.9 Å². The summed E-state index contributed by atoms with van der Waals surface area (Å²) >= 11 is 0. The van der Waals surface area contributed by atoms with Crippen LogP contribution in [-0.4, -0.2) is 15.0 Å². The number of alkyl halides is 3. The van der Waals surface area contributed by atoms with Gasteiger partial charge >= 0.3 is 6.18 Å². The van der Waals surface area contributed by atoms with E-state index in [-0.39, 0.29) is 12.2 Å². The van der Waals surface area contributed by atoms with Gasteiger partial charge in [0.25, 0.3) is 10.0 Å². The zero-order valence-corrected chi connectivity index (χ0v) is 10.5. The molecule has 18 heavy (non-hydrogen) atoms. The third-order valence-corrected chi connectivity index (χ3v) is 3.55. The Labute approximate surface area is 103 Å². The minimum absolute atomic E-state index is 0.0667. The molecule has 0 bridgehead atoms. The quantitative estimate of drug-likeness (QED) is 0.862. The highest BCUT2D eigenvalue weighted by Crippen LogP contribution is 2.33. The molecule has 1 N–H and O–H groups in total. The highest BCUT2D eigenvalue weighted by Gasteiger charge is 2.34. The van der Waals surface area contributed by atoms with Crippen LogP contribution in [0.4, 0.5) is 13.2 Å². The molecule has 0 aliphatic rings. The molecule has 1 rings (SSSR count). The Kier molecular flexibility index (Phi) is 4.36. The van der Waals surface area contributed by atoms with Crippen LogP contribution in [-0.2, 0) is 21.0 Å². The van der Waals surface area contributed by atoms with Gasteiger partial charge in [0, 0.05) is 0 Å². The monoisotopic (exact) mass is 283 g/mol. The van der Waals surface area contributed by atoms with Crippen LogP contribution in [0.2, 0.25) is 0 Å².